The molecule has 2 aliphatic carbocycles. The van der Waals surface area contributed by atoms with E-state index in [2.05, 4.69) is 0 Å². The van der Waals surface area contributed by atoms with E-state index in [0.29, 0.717) is 17.1 Å². The third-order valence-corrected chi connectivity index (χ3v) is 6.19. The summed E-state index contributed by atoms with van der Waals surface area (Å²) < 4.78 is 11.4. The van der Waals surface area contributed by atoms with E-state index >= 15 is 0 Å². The van der Waals surface area contributed by atoms with E-state index in [1.54, 1.807) is 36.4 Å². The van der Waals surface area contributed by atoms with Gasteiger partial charge in [0.25, 0.3) is 0 Å². The number of ketones is 2. The topological polar surface area (TPSA) is 93.5 Å². The highest BCUT2D eigenvalue weighted by Gasteiger charge is 2.61. The highest BCUT2D eigenvalue weighted by Crippen LogP contribution is 2.60. The van der Waals surface area contributed by atoms with Crippen molar-refractivity contribution in [2.75, 3.05) is 0 Å². The summed E-state index contributed by atoms with van der Waals surface area (Å²) in [5, 5.41) is 9.65. The molecular weight excluding hydrogens is 418 g/mol. The third-order valence-electron chi connectivity index (χ3n) is 6.19. The van der Waals surface area contributed by atoms with Gasteiger partial charge in [-0.1, -0.05) is 56.3 Å². The smallest absolute Gasteiger partial charge is 0.311 e. The van der Waals surface area contributed by atoms with Gasteiger partial charge in [-0.2, -0.15) is 5.26 Å². The second kappa shape index (κ2) is 8.87. The zero-order chi connectivity index (χ0) is 23.6. The average molecular weight is 441 g/mol. The molecule has 0 saturated heterocycles. The van der Waals surface area contributed by atoms with Crippen LogP contribution in [0.3, 0.4) is 0 Å². The van der Waals surface area contributed by atoms with Gasteiger partial charge in [0.15, 0.2) is 11.6 Å². The summed E-state index contributed by atoms with van der Waals surface area (Å²) in [5.41, 5.74) is 0.113. The first-order valence-corrected chi connectivity index (χ1v) is 10.7. The number of carbonyl (C=O) groups excluding carboxylic acids is 3. The number of hydrogen-bond acceptors (Lipinski definition) is 6. The van der Waals surface area contributed by atoms with Crippen LogP contribution in [0, 0.1) is 34.5 Å². The molecule has 0 bridgehead atoms. The van der Waals surface area contributed by atoms with Crippen LogP contribution >= 0.6 is 0 Å². The average Bonchev–Trinajstić information content (AvgIpc) is 3.21. The molecule has 3 atom stereocenters. The summed E-state index contributed by atoms with van der Waals surface area (Å²) >= 11 is 0. The number of esters is 1. The van der Waals surface area contributed by atoms with Crippen molar-refractivity contribution >= 4 is 17.5 Å². The van der Waals surface area contributed by atoms with Gasteiger partial charge in [-0.3, -0.25) is 14.4 Å². The predicted molar refractivity (Wildman–Crippen MR) is 120 cm³/mol. The molecule has 0 spiro atoms. The van der Waals surface area contributed by atoms with Crippen molar-refractivity contribution in [3.8, 4) is 17.6 Å². The van der Waals surface area contributed by atoms with Crippen LogP contribution in [0.4, 0.5) is 0 Å². The standard InChI is InChI=1S/C27H23NO5/c1-27(2)21(12-11-20-22(29)13-14-23(20)30)25(27)26(31)33-24(16-28)17-7-6-10-19(15-17)32-18-8-4-3-5-9-18/h3-15,20-21,24-25H,1-2H3/b12-11+. The largest absolute Gasteiger partial charge is 0.457 e. The molecule has 0 heterocycles. The summed E-state index contributed by atoms with van der Waals surface area (Å²) in [4.78, 5) is 36.5. The molecule has 1 saturated carbocycles. The monoisotopic (exact) mass is 441 g/mol. The van der Waals surface area contributed by atoms with E-state index < -0.39 is 29.3 Å². The number of carbonyl (C=O) groups is 3. The SMILES string of the molecule is CC1(C)C(/C=C/C2C(=O)C=CC2=O)C1C(=O)OC(C#N)c1cccc(Oc2ccccc2)c1. The Hall–Kier alpha value is -3.98. The molecule has 2 aliphatic rings. The number of hydrogen-bond donors (Lipinski definition) is 0. The van der Waals surface area contributed by atoms with Crippen molar-refractivity contribution in [3.63, 3.8) is 0 Å². The van der Waals surface area contributed by atoms with Gasteiger partial charge in [-0.15, -0.1) is 0 Å². The van der Waals surface area contributed by atoms with E-state index in [9.17, 15) is 19.6 Å². The minimum absolute atomic E-state index is 0.182. The van der Waals surface area contributed by atoms with Gasteiger partial charge in [0, 0.05) is 5.56 Å². The highest BCUT2D eigenvalue weighted by molar-refractivity contribution is 6.19. The molecule has 166 valence electrons. The van der Waals surface area contributed by atoms with E-state index in [1.165, 1.54) is 12.2 Å². The number of nitrogens with zero attached hydrogens (tertiary/aromatic N) is 1. The number of rotatable bonds is 7. The Balaban J connectivity index is 1.43. The minimum atomic E-state index is -1.08. The molecule has 1 fully saturated rings. The van der Waals surface area contributed by atoms with Gasteiger partial charge in [0.05, 0.1) is 5.92 Å². The molecule has 6 nitrogen and oxygen atoms in total. The van der Waals surface area contributed by atoms with Crippen molar-refractivity contribution in [1.29, 1.82) is 5.26 Å². The van der Waals surface area contributed by atoms with Crippen molar-refractivity contribution < 1.29 is 23.9 Å². The van der Waals surface area contributed by atoms with Gasteiger partial charge in [-0.25, -0.2) is 0 Å². The maximum absolute atomic E-state index is 12.9. The van der Waals surface area contributed by atoms with Crippen molar-refractivity contribution in [2.45, 2.75) is 20.0 Å². The molecule has 0 aromatic heterocycles. The van der Waals surface area contributed by atoms with Crippen LogP contribution < -0.4 is 4.74 Å². The fraction of sp³-hybridized carbons (Fsp3) is 0.259. The normalized spacial score (nSPS) is 22.2. The Labute approximate surface area is 192 Å². The molecule has 6 heteroatoms. The van der Waals surface area contributed by atoms with Crippen LogP contribution in [0.5, 0.6) is 11.5 Å². The van der Waals surface area contributed by atoms with Gasteiger partial charge >= 0.3 is 5.97 Å². The van der Waals surface area contributed by atoms with Gasteiger partial charge in [-0.05, 0) is 47.8 Å². The number of ether oxygens (including phenoxy) is 2. The molecular formula is C27H23NO5. The maximum atomic E-state index is 12.9. The van der Waals surface area contributed by atoms with Crippen molar-refractivity contribution in [1.82, 2.24) is 0 Å². The fourth-order valence-corrected chi connectivity index (χ4v) is 4.14. The zero-order valence-electron chi connectivity index (χ0n) is 18.3. The fourth-order valence-electron chi connectivity index (χ4n) is 4.14. The van der Waals surface area contributed by atoms with Gasteiger partial charge < -0.3 is 9.47 Å². The first-order chi connectivity index (χ1) is 15.8. The zero-order valence-corrected chi connectivity index (χ0v) is 18.3. The molecule has 0 N–H and O–H groups in total. The lowest BCUT2D eigenvalue weighted by molar-refractivity contribution is -0.149. The Kier molecular flexibility index (Phi) is 5.97. The maximum Gasteiger partial charge on any atom is 0.311 e. The first kappa shape index (κ1) is 22.2. The van der Waals surface area contributed by atoms with Crippen LogP contribution in [0.2, 0.25) is 0 Å². The summed E-state index contributed by atoms with van der Waals surface area (Å²) in [5.74, 6) is -1.26. The van der Waals surface area contributed by atoms with Gasteiger partial charge in [0.1, 0.15) is 23.5 Å². The molecule has 2 aromatic carbocycles. The predicted octanol–water partition coefficient (Wildman–Crippen LogP) is 4.74. The van der Waals surface area contributed by atoms with E-state index in [4.69, 9.17) is 9.47 Å². The van der Waals surface area contributed by atoms with E-state index in [0.717, 1.165) is 0 Å². The third kappa shape index (κ3) is 4.63. The van der Waals surface area contributed by atoms with Crippen molar-refractivity contribution in [3.05, 3.63) is 84.5 Å². The minimum Gasteiger partial charge on any atom is -0.457 e. The lowest BCUT2D eigenvalue weighted by Gasteiger charge is -2.13. The highest BCUT2D eigenvalue weighted by atomic mass is 16.5. The molecule has 33 heavy (non-hydrogen) atoms. The molecule has 0 amide bonds. The second-order valence-corrected chi connectivity index (χ2v) is 8.76. The molecule has 0 radical (unpaired) electrons. The second-order valence-electron chi connectivity index (χ2n) is 8.76. The Morgan fingerprint density at radius 2 is 1.67 bits per heavy atom. The Morgan fingerprint density at radius 3 is 2.33 bits per heavy atom. The van der Waals surface area contributed by atoms with Crippen LogP contribution in [0.25, 0.3) is 0 Å². The Bertz CT molecular complexity index is 1170. The lowest BCUT2D eigenvalue weighted by Crippen LogP contribution is -2.14. The lowest BCUT2D eigenvalue weighted by atomic mass is 10.0. The van der Waals surface area contributed by atoms with Gasteiger partial charge in [0.2, 0.25) is 6.10 Å². The number of benzene rings is 2. The Morgan fingerprint density at radius 1 is 1.00 bits per heavy atom. The van der Waals surface area contributed by atoms with E-state index in [-0.39, 0.29) is 17.5 Å². The summed E-state index contributed by atoms with van der Waals surface area (Å²) in [6.45, 7) is 3.83. The first-order valence-electron chi connectivity index (χ1n) is 10.7. The van der Waals surface area contributed by atoms with Crippen LogP contribution in [0.15, 0.2) is 78.9 Å². The summed E-state index contributed by atoms with van der Waals surface area (Å²) in [6, 6.07) is 18.2. The molecule has 3 unspecified atom stereocenters. The summed E-state index contributed by atoms with van der Waals surface area (Å²) in [6.07, 6.45) is 4.77. The number of allylic oxidation sites excluding steroid dienone is 4. The van der Waals surface area contributed by atoms with Crippen LogP contribution in [-0.4, -0.2) is 17.5 Å². The molecule has 0 aliphatic heterocycles. The molecule has 4 rings (SSSR count). The van der Waals surface area contributed by atoms with Crippen molar-refractivity contribution in [2.24, 2.45) is 23.2 Å². The van der Waals surface area contributed by atoms with Crippen LogP contribution in [-0.2, 0) is 19.1 Å². The number of para-hydroxylation sites is 1. The number of nitriles is 1. The molecule has 2 aromatic rings. The van der Waals surface area contributed by atoms with Crippen LogP contribution in [0.1, 0.15) is 25.5 Å². The quantitative estimate of drug-likeness (QED) is 0.350. The summed E-state index contributed by atoms with van der Waals surface area (Å²) in [7, 11) is 0. The van der Waals surface area contributed by atoms with E-state index in [1.807, 2.05) is 50.2 Å².